The third-order valence-corrected chi connectivity index (χ3v) is 3.51. The number of nitrogens with one attached hydrogen (secondary N) is 2. The first-order valence-corrected chi connectivity index (χ1v) is 6.11. The predicted octanol–water partition coefficient (Wildman–Crippen LogP) is -0.930. The zero-order valence-corrected chi connectivity index (χ0v) is 10.5. The van der Waals surface area contributed by atoms with Crippen LogP contribution in [0.15, 0.2) is 0 Å². The van der Waals surface area contributed by atoms with Crippen LogP contribution in [0.1, 0.15) is 13.8 Å². The second kappa shape index (κ2) is 3.76. The lowest BCUT2D eigenvalue weighted by atomic mass is 10.0. The van der Waals surface area contributed by atoms with E-state index in [0.717, 1.165) is 0 Å². The van der Waals surface area contributed by atoms with Gasteiger partial charge in [0.1, 0.15) is 18.3 Å². The smallest absolute Gasteiger partial charge is 0.190 e. The Hall–Kier alpha value is -0.470. The Kier molecular flexibility index (Phi) is 2.57. The molecule has 0 radical (unpaired) electrons. The highest BCUT2D eigenvalue weighted by molar-refractivity contribution is 7.80. The highest BCUT2D eigenvalue weighted by Crippen LogP contribution is 2.38. The number of aliphatic hydroxyl groups excluding tert-OH is 1. The minimum absolute atomic E-state index is 0.0431. The summed E-state index contributed by atoms with van der Waals surface area (Å²) in [5, 5.41) is 16.8. The average molecular weight is 260 g/mol. The molecule has 6 nitrogen and oxygen atoms in total. The maximum absolute atomic E-state index is 10.2. The van der Waals surface area contributed by atoms with Crippen molar-refractivity contribution in [2.75, 3.05) is 6.54 Å². The topological polar surface area (TPSA) is 72.0 Å². The van der Waals surface area contributed by atoms with Crippen molar-refractivity contribution in [1.29, 1.82) is 0 Å². The number of aliphatic hydroxyl groups is 1. The molecule has 96 valence electrons. The first-order chi connectivity index (χ1) is 7.96. The lowest BCUT2D eigenvalue weighted by Gasteiger charge is -2.25. The molecule has 7 heteroatoms. The molecule has 3 rings (SSSR count). The van der Waals surface area contributed by atoms with Crippen molar-refractivity contribution < 1.29 is 19.3 Å². The molecular formula is C10H16N2O4S. The van der Waals surface area contributed by atoms with Gasteiger partial charge in [0.15, 0.2) is 17.2 Å². The number of rotatable bonds is 1. The third kappa shape index (κ3) is 1.92. The van der Waals surface area contributed by atoms with Gasteiger partial charge in [0.2, 0.25) is 0 Å². The van der Waals surface area contributed by atoms with Gasteiger partial charge in [-0.05, 0) is 26.1 Å². The molecule has 3 heterocycles. The molecule has 0 amide bonds. The number of fused-ring (bicyclic) bond motifs is 1. The van der Waals surface area contributed by atoms with Crippen LogP contribution >= 0.6 is 12.2 Å². The zero-order chi connectivity index (χ0) is 12.2. The second-order valence-corrected chi connectivity index (χ2v) is 5.43. The van der Waals surface area contributed by atoms with E-state index in [9.17, 15) is 5.11 Å². The van der Waals surface area contributed by atoms with Crippen molar-refractivity contribution in [3.8, 4) is 0 Å². The number of hydrogen-bond acceptors (Lipinski definition) is 5. The van der Waals surface area contributed by atoms with Gasteiger partial charge < -0.3 is 30.0 Å². The molecule has 0 aliphatic carbocycles. The van der Waals surface area contributed by atoms with Gasteiger partial charge in [-0.2, -0.15) is 0 Å². The maximum atomic E-state index is 10.2. The van der Waals surface area contributed by atoms with Crippen molar-refractivity contribution in [2.45, 2.75) is 50.3 Å². The third-order valence-electron chi connectivity index (χ3n) is 3.25. The largest absolute Gasteiger partial charge is 0.387 e. The molecule has 3 saturated heterocycles. The van der Waals surface area contributed by atoms with Gasteiger partial charge in [0.05, 0.1) is 6.04 Å². The van der Waals surface area contributed by atoms with Crippen LogP contribution in [0, 0.1) is 0 Å². The quantitative estimate of drug-likeness (QED) is 0.526. The van der Waals surface area contributed by atoms with E-state index in [1.165, 1.54) is 0 Å². The van der Waals surface area contributed by atoms with E-state index < -0.39 is 24.3 Å². The van der Waals surface area contributed by atoms with Gasteiger partial charge >= 0.3 is 0 Å². The molecule has 0 aromatic rings. The fourth-order valence-corrected chi connectivity index (χ4v) is 2.76. The van der Waals surface area contributed by atoms with E-state index in [-0.39, 0.29) is 12.1 Å². The van der Waals surface area contributed by atoms with E-state index in [0.29, 0.717) is 11.7 Å². The van der Waals surface area contributed by atoms with Crippen LogP contribution in [0.3, 0.4) is 0 Å². The second-order valence-electron chi connectivity index (χ2n) is 5.02. The summed E-state index contributed by atoms with van der Waals surface area (Å²) < 4.78 is 16.9. The summed E-state index contributed by atoms with van der Waals surface area (Å²) in [6, 6.07) is -0.0431. The highest BCUT2D eigenvalue weighted by atomic mass is 32.1. The number of ether oxygens (including phenoxy) is 3. The van der Waals surface area contributed by atoms with Crippen molar-refractivity contribution in [2.24, 2.45) is 0 Å². The van der Waals surface area contributed by atoms with Crippen LogP contribution in [-0.4, -0.2) is 53.2 Å². The Morgan fingerprint density at radius 1 is 1.35 bits per heavy atom. The van der Waals surface area contributed by atoms with Crippen molar-refractivity contribution >= 4 is 17.3 Å². The molecule has 0 spiro atoms. The molecule has 0 aromatic heterocycles. The molecule has 3 aliphatic rings. The normalized spacial score (nSPS) is 47.7. The van der Waals surface area contributed by atoms with Crippen LogP contribution in [0.2, 0.25) is 0 Å². The highest BCUT2D eigenvalue weighted by Gasteiger charge is 2.56. The molecule has 0 aromatic carbocycles. The van der Waals surface area contributed by atoms with E-state index in [1.54, 1.807) is 13.8 Å². The zero-order valence-electron chi connectivity index (χ0n) is 9.67. The van der Waals surface area contributed by atoms with E-state index >= 15 is 0 Å². The van der Waals surface area contributed by atoms with Crippen LogP contribution in [0.25, 0.3) is 0 Å². The lowest BCUT2D eigenvalue weighted by molar-refractivity contribution is -0.217. The molecule has 0 saturated carbocycles. The van der Waals surface area contributed by atoms with E-state index in [2.05, 4.69) is 10.6 Å². The number of thiocarbonyl (C=S) groups is 1. The average Bonchev–Trinajstić information content (AvgIpc) is 2.83. The molecule has 0 bridgehead atoms. The van der Waals surface area contributed by atoms with Crippen LogP contribution in [0.4, 0.5) is 0 Å². The molecular weight excluding hydrogens is 244 g/mol. The van der Waals surface area contributed by atoms with Gasteiger partial charge in [-0.15, -0.1) is 0 Å². The molecule has 3 fully saturated rings. The molecule has 3 N–H and O–H groups in total. The van der Waals surface area contributed by atoms with Gasteiger partial charge in [-0.25, -0.2) is 0 Å². The predicted molar refractivity (Wildman–Crippen MR) is 62.2 cm³/mol. The summed E-state index contributed by atoms with van der Waals surface area (Å²) in [6.45, 7) is 4.26. The van der Waals surface area contributed by atoms with Crippen LogP contribution < -0.4 is 10.6 Å². The minimum Gasteiger partial charge on any atom is -0.387 e. The summed E-state index contributed by atoms with van der Waals surface area (Å²) in [5.41, 5.74) is 0. The van der Waals surface area contributed by atoms with Crippen LogP contribution in [0.5, 0.6) is 0 Å². The Morgan fingerprint density at radius 2 is 2.12 bits per heavy atom. The van der Waals surface area contributed by atoms with Crippen LogP contribution in [-0.2, 0) is 14.2 Å². The van der Waals surface area contributed by atoms with Gasteiger partial charge in [0, 0.05) is 6.54 Å². The fourth-order valence-electron chi connectivity index (χ4n) is 2.52. The fraction of sp³-hybridized carbons (Fsp3) is 0.900. The summed E-state index contributed by atoms with van der Waals surface area (Å²) >= 11 is 4.99. The van der Waals surface area contributed by atoms with Gasteiger partial charge in [-0.3, -0.25) is 0 Å². The first-order valence-electron chi connectivity index (χ1n) is 5.70. The molecule has 5 atom stereocenters. The van der Waals surface area contributed by atoms with Gasteiger partial charge in [-0.1, -0.05) is 0 Å². The minimum atomic E-state index is -0.707. The first kappa shape index (κ1) is 11.6. The Bertz CT molecular complexity index is 351. The summed E-state index contributed by atoms with van der Waals surface area (Å²) in [5.74, 6) is -0.696. The summed E-state index contributed by atoms with van der Waals surface area (Å²) in [6.07, 6.45) is -2.00. The molecule has 3 aliphatic heterocycles. The maximum Gasteiger partial charge on any atom is 0.190 e. The molecule has 0 unspecified atom stereocenters. The SMILES string of the molecule is CC1(C)O[C@H]2O[C@@H]([C@@H]3CNC(=S)N3)[C@H](O)[C@H]2O1. The van der Waals surface area contributed by atoms with Gasteiger partial charge in [0.25, 0.3) is 0 Å². The van der Waals surface area contributed by atoms with E-state index in [1.807, 2.05) is 0 Å². The number of hydrogen-bond donors (Lipinski definition) is 3. The Labute approximate surface area is 105 Å². The lowest BCUT2D eigenvalue weighted by Crippen LogP contribution is -2.46. The van der Waals surface area contributed by atoms with Crippen molar-refractivity contribution in [3.63, 3.8) is 0 Å². The Balaban J connectivity index is 1.70. The monoisotopic (exact) mass is 260 g/mol. The van der Waals surface area contributed by atoms with E-state index in [4.69, 9.17) is 26.4 Å². The van der Waals surface area contributed by atoms with Crippen molar-refractivity contribution in [1.82, 2.24) is 10.6 Å². The van der Waals surface area contributed by atoms with Crippen molar-refractivity contribution in [3.05, 3.63) is 0 Å². The standard InChI is InChI=1S/C10H16N2O4S/c1-10(2)15-7-5(13)6(14-8(7)16-10)4-3-11-9(17)12-4/h4-8,13H,3H2,1-2H3,(H2,11,12,17)/t4-,5-,6-,7+,8+/m0/s1. The Morgan fingerprint density at radius 3 is 2.71 bits per heavy atom. The molecule has 17 heavy (non-hydrogen) atoms. The summed E-state index contributed by atoms with van der Waals surface area (Å²) in [4.78, 5) is 0. The summed E-state index contributed by atoms with van der Waals surface area (Å²) in [7, 11) is 0.